The van der Waals surface area contributed by atoms with E-state index in [-0.39, 0.29) is 28.2 Å². The molecule has 0 saturated carbocycles. The topological polar surface area (TPSA) is 187 Å². The Labute approximate surface area is 340 Å². The molecule has 2 fully saturated rings. The number of nitrogens with zero attached hydrogens (tertiary/aromatic N) is 6. The normalized spacial score (nSPS) is 14.4. The minimum Gasteiger partial charge on any atom is -0.504 e. The summed E-state index contributed by atoms with van der Waals surface area (Å²) in [6, 6.07) is 31.7. The summed E-state index contributed by atoms with van der Waals surface area (Å²) in [4.78, 5) is 16.3. The first-order valence-electron chi connectivity index (χ1n) is 19.3. The Bertz CT molecular complexity index is 2230. The van der Waals surface area contributed by atoms with Crippen molar-refractivity contribution < 1.29 is 29.2 Å². The van der Waals surface area contributed by atoms with Crippen molar-refractivity contribution in [2.24, 2.45) is 11.8 Å². The Morgan fingerprint density at radius 3 is 1.57 bits per heavy atom. The first-order chi connectivity index (χ1) is 27.9. The van der Waals surface area contributed by atoms with Crippen molar-refractivity contribution >= 4 is 17.5 Å². The van der Waals surface area contributed by atoms with Gasteiger partial charge in [-0.15, -0.1) is 0 Å². The lowest BCUT2D eigenvalue weighted by Crippen LogP contribution is -2.35. The lowest BCUT2D eigenvalue weighted by atomic mass is 9.89. The molecule has 12 heteroatoms. The van der Waals surface area contributed by atoms with Gasteiger partial charge >= 0.3 is 6.16 Å². The van der Waals surface area contributed by atoms with Gasteiger partial charge in [-0.25, -0.2) is 4.79 Å². The third-order valence-electron chi connectivity index (χ3n) is 10.3. The maximum atomic E-state index is 12.3. The quantitative estimate of drug-likeness (QED) is 0.0988. The number of hydrogen-bond donors (Lipinski definition) is 2. The minimum absolute atomic E-state index is 0.0296. The zero-order chi connectivity index (χ0) is 41.8. The molecule has 0 aromatic heterocycles. The van der Waals surface area contributed by atoms with Gasteiger partial charge in [0.15, 0.2) is 23.0 Å². The zero-order valence-electron chi connectivity index (χ0n) is 33.4. The first kappa shape index (κ1) is 42.3. The Hall–Kier alpha value is -6.89. The molecule has 6 rings (SSSR count). The van der Waals surface area contributed by atoms with Crippen molar-refractivity contribution in [3.8, 4) is 47.3 Å². The number of phenolic OH excluding ortho intramolecular Hbond substituents is 2. The highest BCUT2D eigenvalue weighted by molar-refractivity contribution is 5.79. The molecule has 2 N–H and O–H groups in total. The van der Waals surface area contributed by atoms with Crippen molar-refractivity contribution in [3.63, 3.8) is 0 Å². The summed E-state index contributed by atoms with van der Waals surface area (Å²) in [6.45, 7) is 7.98. The fraction of sp³-hybridized carbons (Fsp3) is 0.370. The lowest BCUT2D eigenvalue weighted by Gasteiger charge is -2.35. The van der Waals surface area contributed by atoms with E-state index < -0.39 is 23.3 Å². The van der Waals surface area contributed by atoms with Crippen molar-refractivity contribution in [3.05, 3.63) is 106 Å². The summed E-state index contributed by atoms with van der Waals surface area (Å²) in [5, 5.41) is 58.2. The van der Waals surface area contributed by atoms with Crippen LogP contribution in [-0.2, 0) is 17.6 Å². The van der Waals surface area contributed by atoms with Gasteiger partial charge in [0, 0.05) is 38.3 Å². The lowest BCUT2D eigenvalue weighted by molar-refractivity contribution is 0.0200. The van der Waals surface area contributed by atoms with Crippen LogP contribution < -0.4 is 19.3 Å². The van der Waals surface area contributed by atoms with Gasteiger partial charge in [-0.1, -0.05) is 60.7 Å². The van der Waals surface area contributed by atoms with Gasteiger partial charge in [-0.3, -0.25) is 0 Å². The third kappa shape index (κ3) is 10.5. The standard InChI is InChI=1S/C26H29N3O4.C20H19N3O2/c1-26(2,3)33-25(30)32-24-21(17-28)23(20(16-27)15-22(24)31-4)29-12-10-19(11-13-29)14-18-8-6-5-7-9-18;21-12-16-11-18(24)20(25)17(13-22)19(16)23-8-6-15(7-9-23)10-14-4-2-1-3-5-14/h5-9,15,19H,10-14H2,1-4H3;1-5,11,15,24-25H,6-10H2. The average Bonchev–Trinajstić information content (AvgIpc) is 3.22. The van der Waals surface area contributed by atoms with Crippen LogP contribution >= 0.6 is 0 Å². The highest BCUT2D eigenvalue weighted by Crippen LogP contribution is 2.43. The summed E-state index contributed by atoms with van der Waals surface area (Å²) in [5.41, 5.74) is 3.36. The highest BCUT2D eigenvalue weighted by atomic mass is 16.7. The Kier molecular flexibility index (Phi) is 14.1. The maximum Gasteiger partial charge on any atom is 0.514 e. The summed E-state index contributed by atoms with van der Waals surface area (Å²) >= 11 is 0. The molecule has 4 aromatic rings. The molecule has 2 heterocycles. The molecule has 0 atom stereocenters. The monoisotopic (exact) mass is 780 g/mol. The van der Waals surface area contributed by atoms with E-state index >= 15 is 0 Å². The molecule has 0 bridgehead atoms. The zero-order valence-corrected chi connectivity index (χ0v) is 33.4. The molecule has 0 radical (unpaired) electrons. The number of methoxy groups -OCH3 is 1. The van der Waals surface area contributed by atoms with Crippen LogP contribution in [0.4, 0.5) is 16.2 Å². The molecule has 0 aliphatic carbocycles. The van der Waals surface area contributed by atoms with E-state index in [2.05, 4.69) is 36.4 Å². The van der Waals surface area contributed by atoms with E-state index in [0.717, 1.165) is 38.5 Å². The van der Waals surface area contributed by atoms with Crippen molar-refractivity contribution in [2.75, 3.05) is 43.1 Å². The number of rotatable bonds is 8. The van der Waals surface area contributed by atoms with Crippen molar-refractivity contribution in [1.82, 2.24) is 0 Å². The third-order valence-corrected chi connectivity index (χ3v) is 10.3. The molecule has 58 heavy (non-hydrogen) atoms. The molecule has 0 amide bonds. The van der Waals surface area contributed by atoms with Gasteiger partial charge in [-0.05, 0) is 82.3 Å². The number of carbonyl (C=O) groups is 1. The van der Waals surface area contributed by atoms with Crippen molar-refractivity contribution in [1.29, 1.82) is 21.0 Å². The van der Waals surface area contributed by atoms with Crippen molar-refractivity contribution in [2.45, 2.75) is 64.9 Å². The number of piperidine rings is 2. The van der Waals surface area contributed by atoms with E-state index in [4.69, 9.17) is 14.2 Å². The molecular formula is C46H48N6O6. The first-order valence-corrected chi connectivity index (χ1v) is 19.3. The average molecular weight is 781 g/mol. The summed E-state index contributed by atoms with van der Waals surface area (Å²) in [7, 11) is 1.40. The summed E-state index contributed by atoms with van der Waals surface area (Å²) in [6.07, 6.45) is 4.84. The van der Waals surface area contributed by atoms with Crippen LogP contribution in [0.15, 0.2) is 72.8 Å². The van der Waals surface area contributed by atoms with Gasteiger partial charge in [-0.2, -0.15) is 21.0 Å². The molecule has 2 aliphatic rings. The van der Waals surface area contributed by atoms with Gasteiger partial charge in [0.25, 0.3) is 0 Å². The second-order valence-electron chi connectivity index (χ2n) is 15.4. The fourth-order valence-corrected chi connectivity index (χ4v) is 7.54. The van der Waals surface area contributed by atoms with Crippen LogP contribution in [0.3, 0.4) is 0 Å². The van der Waals surface area contributed by atoms with E-state index in [1.54, 1.807) is 20.8 Å². The van der Waals surface area contributed by atoms with Gasteiger partial charge < -0.3 is 34.2 Å². The largest absolute Gasteiger partial charge is 0.514 e. The Morgan fingerprint density at radius 2 is 1.16 bits per heavy atom. The van der Waals surface area contributed by atoms with Crippen LogP contribution in [0.2, 0.25) is 0 Å². The van der Waals surface area contributed by atoms with Crippen LogP contribution in [-0.4, -0.2) is 55.3 Å². The van der Waals surface area contributed by atoms with E-state index in [1.165, 1.54) is 30.4 Å². The maximum absolute atomic E-state index is 12.3. The number of anilines is 2. The molecule has 12 nitrogen and oxygen atoms in total. The summed E-state index contributed by atoms with van der Waals surface area (Å²) < 4.78 is 16.0. The molecule has 4 aromatic carbocycles. The number of benzene rings is 4. The SMILES string of the molecule is COc1cc(C#N)c(N2CCC(Cc3ccccc3)CC2)c(C#N)c1OC(=O)OC(C)(C)C.N#Cc1cc(O)c(O)c(C#N)c1N1CCC(Cc2ccccc2)CC1. The molecule has 2 saturated heterocycles. The number of aromatic hydroxyl groups is 2. The number of phenols is 2. The molecule has 2 aliphatic heterocycles. The second-order valence-corrected chi connectivity index (χ2v) is 15.4. The highest BCUT2D eigenvalue weighted by Gasteiger charge is 2.31. The predicted molar refractivity (Wildman–Crippen MR) is 219 cm³/mol. The minimum atomic E-state index is -0.936. The van der Waals surface area contributed by atoms with Crippen LogP contribution in [0.25, 0.3) is 0 Å². The van der Waals surface area contributed by atoms with Crippen LogP contribution in [0.1, 0.15) is 79.8 Å². The fourth-order valence-electron chi connectivity index (χ4n) is 7.54. The number of carbonyl (C=O) groups excluding carboxylic acids is 1. The van der Waals surface area contributed by atoms with Crippen LogP contribution in [0, 0.1) is 57.2 Å². The van der Waals surface area contributed by atoms with Gasteiger partial charge in [0.05, 0.1) is 29.6 Å². The molecule has 298 valence electrons. The van der Waals surface area contributed by atoms with Crippen LogP contribution in [0.5, 0.6) is 23.0 Å². The molecule has 0 spiro atoms. The van der Waals surface area contributed by atoms with E-state index in [0.29, 0.717) is 55.0 Å². The second kappa shape index (κ2) is 19.3. The van der Waals surface area contributed by atoms with Gasteiger partial charge in [0.2, 0.25) is 0 Å². The number of nitriles is 4. The Morgan fingerprint density at radius 1 is 0.707 bits per heavy atom. The predicted octanol–water partition coefficient (Wildman–Crippen LogP) is 8.51. The Balaban J connectivity index is 0.000000229. The number of hydrogen-bond acceptors (Lipinski definition) is 12. The van der Waals surface area contributed by atoms with E-state index in [1.807, 2.05) is 58.3 Å². The molecule has 0 unspecified atom stereocenters. The summed E-state index contributed by atoms with van der Waals surface area (Å²) in [5.74, 6) is 0.293. The number of ether oxygens (including phenoxy) is 3. The van der Waals surface area contributed by atoms with E-state index in [9.17, 15) is 36.1 Å². The van der Waals surface area contributed by atoms with Gasteiger partial charge in [0.1, 0.15) is 41.0 Å². The smallest absolute Gasteiger partial charge is 0.504 e. The molecular weight excluding hydrogens is 733 g/mol.